The largest absolute Gasteiger partial charge is 0.395 e. The fraction of sp³-hybridized carbons (Fsp3) is 0.429. The Labute approximate surface area is 97.2 Å². The van der Waals surface area contributed by atoms with Gasteiger partial charge in [-0.25, -0.2) is 0 Å². The molecule has 2 nitrogen and oxygen atoms in total. The van der Waals surface area contributed by atoms with E-state index in [-0.39, 0.29) is 6.61 Å². The third-order valence-electron chi connectivity index (χ3n) is 3.10. The quantitative estimate of drug-likeness (QED) is 0.838. The van der Waals surface area contributed by atoms with Crippen molar-refractivity contribution in [2.75, 3.05) is 26.2 Å². The Morgan fingerprint density at radius 3 is 2.88 bits per heavy atom. The van der Waals surface area contributed by atoms with Crippen molar-refractivity contribution in [3.8, 4) is 0 Å². The van der Waals surface area contributed by atoms with Gasteiger partial charge in [0.05, 0.1) is 6.61 Å². The molecule has 1 aromatic rings. The van der Waals surface area contributed by atoms with Crippen LogP contribution in [0.2, 0.25) is 0 Å². The van der Waals surface area contributed by atoms with Gasteiger partial charge >= 0.3 is 0 Å². The highest BCUT2D eigenvalue weighted by Gasteiger charge is 2.11. The van der Waals surface area contributed by atoms with Gasteiger partial charge in [0.25, 0.3) is 0 Å². The second-order valence-corrected chi connectivity index (χ2v) is 4.37. The Morgan fingerprint density at radius 1 is 1.38 bits per heavy atom. The van der Waals surface area contributed by atoms with E-state index in [1.807, 2.05) is 0 Å². The molecule has 0 spiro atoms. The number of hydrogen-bond donors (Lipinski definition) is 1. The van der Waals surface area contributed by atoms with Crippen LogP contribution in [0.3, 0.4) is 0 Å². The number of β-amino-alcohol motifs (C(OH)–C–C–N with tert-alkyl or cyclic N) is 1. The molecular weight excluding hydrogens is 198 g/mol. The van der Waals surface area contributed by atoms with Crippen LogP contribution in [-0.2, 0) is 0 Å². The van der Waals surface area contributed by atoms with Crippen LogP contribution in [-0.4, -0.2) is 36.2 Å². The monoisotopic (exact) mass is 217 g/mol. The molecule has 1 heterocycles. The summed E-state index contributed by atoms with van der Waals surface area (Å²) in [6, 6.07) is 8.67. The first kappa shape index (κ1) is 11.4. The average Bonchev–Trinajstić information content (AvgIpc) is 2.30. The van der Waals surface area contributed by atoms with Crippen LogP contribution >= 0.6 is 0 Å². The summed E-state index contributed by atoms with van der Waals surface area (Å²) in [5, 5.41) is 8.88. The first-order valence-corrected chi connectivity index (χ1v) is 5.89. The Kier molecular flexibility index (Phi) is 3.75. The summed E-state index contributed by atoms with van der Waals surface area (Å²) in [5.74, 6) is 0. The Bertz CT molecular complexity index is 384. The summed E-state index contributed by atoms with van der Waals surface area (Å²) in [4.78, 5) is 2.28. The number of hydrogen-bond acceptors (Lipinski definition) is 2. The van der Waals surface area contributed by atoms with Gasteiger partial charge in [-0.3, -0.25) is 4.90 Å². The molecular formula is C14H19NO. The molecule has 16 heavy (non-hydrogen) atoms. The molecule has 0 fully saturated rings. The highest BCUT2D eigenvalue weighted by atomic mass is 16.3. The van der Waals surface area contributed by atoms with Crippen molar-refractivity contribution < 1.29 is 5.11 Å². The maximum atomic E-state index is 8.88. The van der Waals surface area contributed by atoms with Gasteiger partial charge in [0.2, 0.25) is 0 Å². The van der Waals surface area contributed by atoms with E-state index < -0.39 is 0 Å². The van der Waals surface area contributed by atoms with Crippen LogP contribution in [0.4, 0.5) is 0 Å². The van der Waals surface area contributed by atoms with Gasteiger partial charge in [0.1, 0.15) is 0 Å². The summed E-state index contributed by atoms with van der Waals surface area (Å²) in [5.41, 5.74) is 4.11. The number of benzene rings is 1. The number of nitrogens with zero attached hydrogens (tertiary/aromatic N) is 1. The Morgan fingerprint density at radius 2 is 2.25 bits per heavy atom. The van der Waals surface area contributed by atoms with Crippen LogP contribution in [0.25, 0.3) is 5.57 Å². The number of aryl methyl sites for hydroxylation is 1. The maximum Gasteiger partial charge on any atom is 0.0558 e. The SMILES string of the molecule is Cc1cccc(C2=CCN(CCO)CC2)c1. The van der Waals surface area contributed by atoms with Gasteiger partial charge < -0.3 is 5.11 Å². The van der Waals surface area contributed by atoms with E-state index in [2.05, 4.69) is 42.2 Å². The smallest absolute Gasteiger partial charge is 0.0558 e. The van der Waals surface area contributed by atoms with E-state index in [0.717, 1.165) is 26.1 Å². The van der Waals surface area contributed by atoms with Gasteiger partial charge in [-0.1, -0.05) is 35.9 Å². The van der Waals surface area contributed by atoms with Crippen LogP contribution < -0.4 is 0 Å². The minimum atomic E-state index is 0.258. The summed E-state index contributed by atoms with van der Waals surface area (Å²) in [7, 11) is 0. The molecule has 2 rings (SSSR count). The van der Waals surface area contributed by atoms with Gasteiger partial charge in [-0.15, -0.1) is 0 Å². The van der Waals surface area contributed by atoms with Gasteiger partial charge in [-0.05, 0) is 24.5 Å². The normalized spacial score (nSPS) is 17.2. The Balaban J connectivity index is 2.07. The van der Waals surface area contributed by atoms with E-state index in [1.165, 1.54) is 16.7 Å². The van der Waals surface area contributed by atoms with Crippen molar-refractivity contribution >= 4 is 5.57 Å². The molecule has 0 amide bonds. The fourth-order valence-corrected chi connectivity index (χ4v) is 2.16. The highest BCUT2D eigenvalue weighted by molar-refractivity contribution is 5.67. The summed E-state index contributed by atoms with van der Waals surface area (Å²) < 4.78 is 0. The first-order chi connectivity index (χ1) is 7.79. The lowest BCUT2D eigenvalue weighted by Crippen LogP contribution is -2.31. The van der Waals surface area contributed by atoms with E-state index in [1.54, 1.807) is 0 Å². The fourth-order valence-electron chi connectivity index (χ4n) is 2.16. The number of rotatable bonds is 3. The molecule has 1 aliphatic heterocycles. The topological polar surface area (TPSA) is 23.5 Å². The second kappa shape index (κ2) is 5.28. The van der Waals surface area contributed by atoms with Gasteiger partial charge in [0.15, 0.2) is 0 Å². The van der Waals surface area contributed by atoms with Crippen LogP contribution in [0.5, 0.6) is 0 Å². The van der Waals surface area contributed by atoms with Crippen molar-refractivity contribution in [3.63, 3.8) is 0 Å². The van der Waals surface area contributed by atoms with Crippen LogP contribution in [0.1, 0.15) is 17.5 Å². The molecule has 2 heteroatoms. The summed E-state index contributed by atoms with van der Waals surface area (Å²) in [6.07, 6.45) is 3.37. The zero-order valence-electron chi connectivity index (χ0n) is 9.82. The van der Waals surface area contributed by atoms with Gasteiger partial charge in [-0.2, -0.15) is 0 Å². The molecule has 0 saturated carbocycles. The second-order valence-electron chi connectivity index (χ2n) is 4.37. The van der Waals surface area contributed by atoms with Crippen molar-refractivity contribution in [3.05, 3.63) is 41.5 Å². The van der Waals surface area contributed by atoms with E-state index in [4.69, 9.17) is 5.11 Å². The molecule has 0 unspecified atom stereocenters. The van der Waals surface area contributed by atoms with E-state index >= 15 is 0 Å². The molecule has 0 atom stereocenters. The minimum absolute atomic E-state index is 0.258. The zero-order chi connectivity index (χ0) is 11.4. The predicted molar refractivity (Wildman–Crippen MR) is 67.3 cm³/mol. The average molecular weight is 217 g/mol. The van der Waals surface area contributed by atoms with E-state index in [0.29, 0.717) is 0 Å². The lowest BCUT2D eigenvalue weighted by molar-refractivity contribution is 0.208. The third-order valence-corrected chi connectivity index (χ3v) is 3.10. The lowest BCUT2D eigenvalue weighted by Gasteiger charge is -2.25. The maximum absolute atomic E-state index is 8.88. The van der Waals surface area contributed by atoms with Gasteiger partial charge in [0, 0.05) is 19.6 Å². The molecule has 1 aromatic carbocycles. The zero-order valence-corrected chi connectivity index (χ0v) is 9.82. The number of aliphatic hydroxyl groups is 1. The summed E-state index contributed by atoms with van der Waals surface area (Å²) >= 11 is 0. The predicted octanol–water partition coefficient (Wildman–Crippen LogP) is 2.08. The summed E-state index contributed by atoms with van der Waals surface area (Å²) in [6.45, 7) is 5.19. The van der Waals surface area contributed by atoms with E-state index in [9.17, 15) is 0 Å². The first-order valence-electron chi connectivity index (χ1n) is 5.89. The minimum Gasteiger partial charge on any atom is -0.395 e. The van der Waals surface area contributed by atoms with Crippen LogP contribution in [0.15, 0.2) is 30.3 Å². The molecule has 0 saturated heterocycles. The molecule has 0 radical (unpaired) electrons. The van der Waals surface area contributed by atoms with Crippen molar-refractivity contribution in [2.45, 2.75) is 13.3 Å². The molecule has 86 valence electrons. The molecule has 0 aliphatic carbocycles. The number of aliphatic hydroxyl groups excluding tert-OH is 1. The standard InChI is InChI=1S/C14H19NO/c1-12-3-2-4-14(11-12)13-5-7-15(8-6-13)9-10-16/h2-5,11,16H,6-10H2,1H3. The molecule has 1 N–H and O–H groups in total. The molecule has 0 aromatic heterocycles. The van der Waals surface area contributed by atoms with Crippen molar-refractivity contribution in [1.29, 1.82) is 0 Å². The van der Waals surface area contributed by atoms with Crippen LogP contribution in [0, 0.1) is 6.92 Å². The van der Waals surface area contributed by atoms with Crippen molar-refractivity contribution in [2.24, 2.45) is 0 Å². The lowest BCUT2D eigenvalue weighted by atomic mass is 9.98. The Hall–Kier alpha value is -1.12. The molecule has 1 aliphatic rings. The van der Waals surface area contributed by atoms with Crippen molar-refractivity contribution in [1.82, 2.24) is 4.90 Å². The third kappa shape index (κ3) is 2.71. The highest BCUT2D eigenvalue weighted by Crippen LogP contribution is 2.22. The molecule has 0 bridgehead atoms.